The smallest absolute Gasteiger partial charge is 0.249 e. The van der Waals surface area contributed by atoms with E-state index in [1.54, 1.807) is 25.4 Å². The van der Waals surface area contributed by atoms with E-state index in [1.807, 2.05) is 36.4 Å². The molecule has 2 N–H and O–H groups in total. The second-order valence-corrected chi connectivity index (χ2v) is 5.09. The summed E-state index contributed by atoms with van der Waals surface area (Å²) >= 11 is 5.96. The van der Waals surface area contributed by atoms with E-state index in [4.69, 9.17) is 16.3 Å². The van der Waals surface area contributed by atoms with E-state index < -0.39 is 0 Å². The molecule has 23 heavy (non-hydrogen) atoms. The lowest BCUT2D eigenvalue weighted by atomic mass is 10.3. The summed E-state index contributed by atoms with van der Waals surface area (Å²) in [6, 6.07) is 14.8. The topological polar surface area (TPSA) is 72.0 Å². The molecule has 2 aromatic carbocycles. The number of nitrogens with zero attached hydrogens (tertiary/aromatic N) is 3. The molecule has 0 aliphatic rings. The third-order valence-electron chi connectivity index (χ3n) is 3.00. The van der Waals surface area contributed by atoms with Crippen molar-refractivity contribution in [2.45, 2.75) is 0 Å². The van der Waals surface area contributed by atoms with Crippen molar-refractivity contribution in [2.24, 2.45) is 0 Å². The van der Waals surface area contributed by atoms with Gasteiger partial charge in [-0.05, 0) is 42.5 Å². The highest BCUT2D eigenvalue weighted by molar-refractivity contribution is 6.30. The Hall–Kier alpha value is -2.86. The molecular weight excluding hydrogens is 314 g/mol. The third-order valence-corrected chi connectivity index (χ3v) is 3.24. The summed E-state index contributed by atoms with van der Waals surface area (Å²) in [6.45, 7) is 0. The third kappa shape index (κ3) is 4.08. The van der Waals surface area contributed by atoms with Gasteiger partial charge in [-0.15, -0.1) is 5.10 Å². The molecule has 116 valence electrons. The van der Waals surface area contributed by atoms with Crippen molar-refractivity contribution in [1.82, 2.24) is 15.2 Å². The molecule has 0 aliphatic heterocycles. The molecule has 0 aliphatic carbocycles. The highest BCUT2D eigenvalue weighted by atomic mass is 35.5. The van der Waals surface area contributed by atoms with Crippen LogP contribution in [-0.4, -0.2) is 22.3 Å². The Morgan fingerprint density at radius 2 is 1.83 bits per heavy atom. The van der Waals surface area contributed by atoms with Gasteiger partial charge < -0.3 is 15.4 Å². The summed E-state index contributed by atoms with van der Waals surface area (Å²) < 4.78 is 5.13. The van der Waals surface area contributed by atoms with Gasteiger partial charge in [0.05, 0.1) is 13.3 Å². The predicted molar refractivity (Wildman–Crippen MR) is 90.8 cm³/mol. The fourth-order valence-electron chi connectivity index (χ4n) is 1.93. The average molecular weight is 328 g/mol. The molecule has 7 heteroatoms. The zero-order chi connectivity index (χ0) is 16.1. The minimum Gasteiger partial charge on any atom is -0.497 e. The van der Waals surface area contributed by atoms with Crippen LogP contribution in [0.2, 0.25) is 5.02 Å². The molecule has 0 bridgehead atoms. The number of hydrogen-bond acceptors (Lipinski definition) is 6. The summed E-state index contributed by atoms with van der Waals surface area (Å²) in [4.78, 5) is 4.37. The first-order valence-electron chi connectivity index (χ1n) is 6.86. The fraction of sp³-hybridized carbons (Fsp3) is 0.0625. The number of anilines is 4. The van der Waals surface area contributed by atoms with Crippen LogP contribution >= 0.6 is 11.6 Å². The molecule has 0 saturated heterocycles. The maximum atomic E-state index is 5.96. The van der Waals surface area contributed by atoms with Gasteiger partial charge in [-0.3, -0.25) is 0 Å². The summed E-state index contributed by atoms with van der Waals surface area (Å²) in [5, 5.41) is 14.7. The molecule has 0 fully saturated rings. The van der Waals surface area contributed by atoms with Crippen LogP contribution in [0.15, 0.2) is 54.7 Å². The van der Waals surface area contributed by atoms with Gasteiger partial charge >= 0.3 is 0 Å². The van der Waals surface area contributed by atoms with Gasteiger partial charge in [0.15, 0.2) is 5.82 Å². The molecule has 0 atom stereocenters. The quantitative estimate of drug-likeness (QED) is 0.737. The van der Waals surface area contributed by atoms with E-state index in [1.165, 1.54) is 0 Å². The Morgan fingerprint density at radius 1 is 1.00 bits per heavy atom. The Balaban J connectivity index is 1.74. The zero-order valence-corrected chi connectivity index (χ0v) is 13.1. The Labute approximate surface area is 138 Å². The monoisotopic (exact) mass is 327 g/mol. The minimum absolute atomic E-state index is 0.380. The number of nitrogens with one attached hydrogen (secondary N) is 2. The second kappa shape index (κ2) is 6.93. The van der Waals surface area contributed by atoms with Crippen LogP contribution in [0, 0.1) is 0 Å². The van der Waals surface area contributed by atoms with E-state index in [9.17, 15) is 0 Å². The molecule has 6 nitrogen and oxygen atoms in total. The highest BCUT2D eigenvalue weighted by Crippen LogP contribution is 2.20. The van der Waals surface area contributed by atoms with Crippen molar-refractivity contribution in [2.75, 3.05) is 17.7 Å². The Bertz CT molecular complexity index is 794. The molecule has 0 saturated carbocycles. The van der Waals surface area contributed by atoms with E-state index in [2.05, 4.69) is 25.8 Å². The highest BCUT2D eigenvalue weighted by Gasteiger charge is 2.03. The Morgan fingerprint density at radius 3 is 2.57 bits per heavy atom. The van der Waals surface area contributed by atoms with Gasteiger partial charge in [0.25, 0.3) is 0 Å². The molecule has 0 unspecified atom stereocenters. The van der Waals surface area contributed by atoms with Crippen molar-refractivity contribution < 1.29 is 4.74 Å². The van der Waals surface area contributed by atoms with E-state index in [0.29, 0.717) is 16.8 Å². The number of benzene rings is 2. The lowest BCUT2D eigenvalue weighted by molar-refractivity contribution is 0.415. The van der Waals surface area contributed by atoms with Crippen molar-refractivity contribution >= 4 is 34.7 Å². The normalized spacial score (nSPS) is 10.2. The minimum atomic E-state index is 0.380. The van der Waals surface area contributed by atoms with Crippen LogP contribution in [-0.2, 0) is 0 Å². The van der Waals surface area contributed by atoms with Gasteiger partial charge in [-0.1, -0.05) is 17.7 Å². The standard InChI is InChI=1S/C16H14ClN5O/c1-23-14-7-5-12(6-8-14)19-15-10-18-22-16(21-15)20-13-4-2-3-11(17)9-13/h2-10H,1H3,(H2,19,20,21,22). The average Bonchev–Trinajstić information content (AvgIpc) is 2.56. The van der Waals surface area contributed by atoms with E-state index in [0.717, 1.165) is 17.1 Å². The fourth-order valence-corrected chi connectivity index (χ4v) is 2.12. The molecule has 0 spiro atoms. The zero-order valence-electron chi connectivity index (χ0n) is 12.3. The lowest BCUT2D eigenvalue weighted by Crippen LogP contribution is -2.02. The number of rotatable bonds is 5. The molecule has 3 rings (SSSR count). The lowest BCUT2D eigenvalue weighted by Gasteiger charge is -2.08. The first-order chi connectivity index (χ1) is 11.2. The first kappa shape index (κ1) is 15.1. The number of ether oxygens (including phenoxy) is 1. The van der Waals surface area contributed by atoms with Crippen molar-refractivity contribution in [3.05, 3.63) is 59.8 Å². The molecule has 3 aromatic rings. The number of halogens is 1. The maximum Gasteiger partial charge on any atom is 0.249 e. The number of methoxy groups -OCH3 is 1. The van der Waals surface area contributed by atoms with Crippen LogP contribution in [0.5, 0.6) is 5.75 Å². The van der Waals surface area contributed by atoms with Crippen LogP contribution < -0.4 is 15.4 Å². The molecule has 1 aromatic heterocycles. The Kier molecular flexibility index (Phi) is 4.54. The maximum absolute atomic E-state index is 5.96. The van der Waals surface area contributed by atoms with Gasteiger partial charge in [0.1, 0.15) is 5.75 Å². The van der Waals surface area contributed by atoms with Crippen molar-refractivity contribution in [1.29, 1.82) is 0 Å². The SMILES string of the molecule is COc1ccc(Nc2cnnc(Nc3cccc(Cl)c3)n2)cc1. The van der Waals surface area contributed by atoms with Gasteiger partial charge in [-0.25, -0.2) is 0 Å². The summed E-state index contributed by atoms with van der Waals surface area (Å²) in [5.41, 5.74) is 1.67. The van der Waals surface area contributed by atoms with Crippen LogP contribution in [0.25, 0.3) is 0 Å². The first-order valence-corrected chi connectivity index (χ1v) is 7.24. The van der Waals surface area contributed by atoms with E-state index >= 15 is 0 Å². The van der Waals surface area contributed by atoms with Crippen LogP contribution in [0.1, 0.15) is 0 Å². The van der Waals surface area contributed by atoms with Gasteiger partial charge in [0.2, 0.25) is 5.95 Å². The van der Waals surface area contributed by atoms with Gasteiger partial charge in [0, 0.05) is 16.4 Å². The van der Waals surface area contributed by atoms with Crippen LogP contribution in [0.3, 0.4) is 0 Å². The molecule has 1 heterocycles. The summed E-state index contributed by atoms with van der Waals surface area (Å²) in [7, 11) is 1.63. The van der Waals surface area contributed by atoms with Crippen LogP contribution in [0.4, 0.5) is 23.1 Å². The second-order valence-electron chi connectivity index (χ2n) is 4.65. The largest absolute Gasteiger partial charge is 0.497 e. The number of hydrogen-bond donors (Lipinski definition) is 2. The van der Waals surface area contributed by atoms with Gasteiger partial charge in [-0.2, -0.15) is 10.1 Å². The molecule has 0 amide bonds. The predicted octanol–water partition coefficient (Wildman–Crippen LogP) is 4.02. The van der Waals surface area contributed by atoms with E-state index in [-0.39, 0.29) is 0 Å². The number of aromatic nitrogens is 3. The van der Waals surface area contributed by atoms with Crippen molar-refractivity contribution in [3.8, 4) is 5.75 Å². The summed E-state index contributed by atoms with van der Waals surface area (Å²) in [6.07, 6.45) is 1.55. The van der Waals surface area contributed by atoms with Crippen molar-refractivity contribution in [3.63, 3.8) is 0 Å². The summed E-state index contributed by atoms with van der Waals surface area (Å²) in [5.74, 6) is 1.75. The molecular formula is C16H14ClN5O. The molecule has 0 radical (unpaired) electrons.